The zero-order valence-corrected chi connectivity index (χ0v) is 16.4. The van der Waals surface area contributed by atoms with E-state index in [1.54, 1.807) is 0 Å². The van der Waals surface area contributed by atoms with E-state index in [1.807, 2.05) is 68.6 Å². The van der Waals surface area contributed by atoms with E-state index in [4.69, 9.17) is 4.42 Å². The van der Waals surface area contributed by atoms with Gasteiger partial charge in [0.2, 0.25) is 11.8 Å². The first-order valence-corrected chi connectivity index (χ1v) is 9.50. The Balaban J connectivity index is 1.60. The number of benzene rings is 3. The second-order valence-electron chi connectivity index (χ2n) is 7.15. The third kappa shape index (κ3) is 4.41. The molecule has 0 saturated heterocycles. The van der Waals surface area contributed by atoms with E-state index in [0.717, 1.165) is 22.3 Å². The highest BCUT2D eigenvalue weighted by Crippen LogP contribution is 2.29. The minimum atomic E-state index is -0.247. The number of hydrogen-bond donors (Lipinski definition) is 0. The largest absolute Gasteiger partial charge is 0.419 e. The van der Waals surface area contributed by atoms with Crippen LogP contribution in [0.2, 0.25) is 0 Å². The molecule has 29 heavy (non-hydrogen) atoms. The molecule has 1 atom stereocenters. The van der Waals surface area contributed by atoms with E-state index >= 15 is 0 Å². The summed E-state index contributed by atoms with van der Waals surface area (Å²) in [6.45, 7) is 2.50. The van der Waals surface area contributed by atoms with Crippen LogP contribution in [0.15, 0.2) is 83.3 Å². The first-order chi connectivity index (χ1) is 14.1. The van der Waals surface area contributed by atoms with Crippen molar-refractivity contribution in [2.24, 2.45) is 0 Å². The van der Waals surface area contributed by atoms with Crippen LogP contribution in [0.25, 0.3) is 11.5 Å². The smallest absolute Gasteiger partial charge is 0.247 e. The molecule has 0 N–H and O–H groups in total. The Labute approximate surface area is 169 Å². The number of hydrogen-bond acceptors (Lipinski definition) is 4. The first kappa shape index (κ1) is 19.0. The summed E-state index contributed by atoms with van der Waals surface area (Å²) in [6.07, 6.45) is 0. The van der Waals surface area contributed by atoms with Crippen molar-refractivity contribution in [2.45, 2.75) is 19.5 Å². The van der Waals surface area contributed by atoms with E-state index < -0.39 is 0 Å². The van der Waals surface area contributed by atoms with Crippen LogP contribution in [0.4, 0.5) is 4.39 Å². The van der Waals surface area contributed by atoms with Gasteiger partial charge in [0.05, 0.1) is 12.6 Å². The Kier molecular flexibility index (Phi) is 5.49. The van der Waals surface area contributed by atoms with Gasteiger partial charge in [-0.3, -0.25) is 4.90 Å². The maximum Gasteiger partial charge on any atom is 0.247 e. The van der Waals surface area contributed by atoms with E-state index in [2.05, 4.69) is 27.2 Å². The van der Waals surface area contributed by atoms with Crippen LogP contribution in [-0.4, -0.2) is 22.1 Å². The topological polar surface area (TPSA) is 42.2 Å². The Morgan fingerprint density at radius 2 is 1.62 bits per heavy atom. The number of rotatable bonds is 6. The molecule has 1 unspecified atom stereocenters. The first-order valence-electron chi connectivity index (χ1n) is 9.50. The number of aromatic nitrogens is 2. The second kappa shape index (κ2) is 8.37. The lowest BCUT2D eigenvalue weighted by atomic mass is 9.97. The maximum atomic E-state index is 13.4. The number of halogens is 1. The van der Waals surface area contributed by atoms with Crippen LogP contribution >= 0.6 is 0 Å². The summed E-state index contributed by atoms with van der Waals surface area (Å²) in [5, 5.41) is 8.43. The van der Waals surface area contributed by atoms with Gasteiger partial charge in [0.15, 0.2) is 0 Å². The predicted molar refractivity (Wildman–Crippen MR) is 111 cm³/mol. The molecule has 0 radical (unpaired) electrons. The van der Waals surface area contributed by atoms with Crippen molar-refractivity contribution in [1.29, 1.82) is 0 Å². The molecule has 1 heterocycles. The average molecular weight is 387 g/mol. The quantitative estimate of drug-likeness (QED) is 0.444. The lowest BCUT2D eigenvalue weighted by Gasteiger charge is -2.28. The molecule has 0 amide bonds. The fraction of sp³-hybridized carbons (Fsp3) is 0.167. The van der Waals surface area contributed by atoms with Gasteiger partial charge < -0.3 is 4.42 Å². The van der Waals surface area contributed by atoms with Gasteiger partial charge in [0.25, 0.3) is 0 Å². The molecule has 0 aliphatic carbocycles. The molecule has 3 aromatic carbocycles. The lowest BCUT2D eigenvalue weighted by Crippen LogP contribution is -2.25. The molecule has 4 rings (SSSR count). The Bertz CT molecular complexity index is 1080. The normalized spacial score (nSPS) is 12.3. The molecule has 4 aromatic rings. The van der Waals surface area contributed by atoms with Gasteiger partial charge in [0, 0.05) is 5.56 Å². The van der Waals surface area contributed by atoms with Gasteiger partial charge in [-0.1, -0.05) is 60.2 Å². The van der Waals surface area contributed by atoms with Crippen LogP contribution in [0.3, 0.4) is 0 Å². The van der Waals surface area contributed by atoms with Crippen LogP contribution in [0.5, 0.6) is 0 Å². The molecule has 0 aliphatic rings. The molecule has 0 fully saturated rings. The molecule has 0 bridgehead atoms. The highest BCUT2D eigenvalue weighted by molar-refractivity contribution is 5.53. The van der Waals surface area contributed by atoms with Crippen molar-refractivity contribution in [1.82, 2.24) is 15.1 Å². The van der Waals surface area contributed by atoms with Gasteiger partial charge in [-0.25, -0.2) is 4.39 Å². The summed E-state index contributed by atoms with van der Waals surface area (Å²) in [7, 11) is 2.00. The minimum absolute atomic E-state index is 0.0638. The van der Waals surface area contributed by atoms with Crippen LogP contribution in [-0.2, 0) is 6.54 Å². The van der Waals surface area contributed by atoms with E-state index in [0.29, 0.717) is 18.3 Å². The lowest BCUT2D eigenvalue weighted by molar-refractivity contribution is 0.243. The highest BCUT2D eigenvalue weighted by Gasteiger charge is 2.21. The Morgan fingerprint density at radius 1 is 0.897 bits per heavy atom. The fourth-order valence-corrected chi connectivity index (χ4v) is 3.50. The van der Waals surface area contributed by atoms with Crippen molar-refractivity contribution >= 4 is 0 Å². The Morgan fingerprint density at radius 3 is 2.34 bits per heavy atom. The molecular weight excluding hydrogens is 365 g/mol. The summed E-state index contributed by atoms with van der Waals surface area (Å²) in [5.74, 6) is 0.796. The van der Waals surface area contributed by atoms with Gasteiger partial charge in [-0.2, -0.15) is 0 Å². The monoisotopic (exact) mass is 387 g/mol. The standard InChI is InChI=1S/C24H22FN3O/c1-17-7-6-10-20(15-17)24-27-26-22(29-24)16-28(2)23(18-8-4-3-5-9-18)19-11-13-21(25)14-12-19/h3-15,23H,16H2,1-2H3. The van der Waals surface area contributed by atoms with Crippen molar-refractivity contribution < 1.29 is 8.81 Å². The molecule has 5 heteroatoms. The third-order valence-electron chi connectivity index (χ3n) is 4.86. The van der Waals surface area contributed by atoms with Crippen LogP contribution < -0.4 is 0 Å². The summed E-state index contributed by atoms with van der Waals surface area (Å²) in [5.41, 5.74) is 4.16. The molecule has 0 spiro atoms. The van der Waals surface area contributed by atoms with Crippen LogP contribution in [0, 0.1) is 12.7 Å². The van der Waals surface area contributed by atoms with E-state index in [9.17, 15) is 4.39 Å². The van der Waals surface area contributed by atoms with Gasteiger partial charge in [-0.15, -0.1) is 10.2 Å². The number of aryl methyl sites for hydroxylation is 1. The van der Waals surface area contributed by atoms with Crippen molar-refractivity contribution in [3.05, 3.63) is 107 Å². The molecule has 1 aromatic heterocycles. The summed E-state index contributed by atoms with van der Waals surface area (Å²) in [4.78, 5) is 2.12. The summed E-state index contributed by atoms with van der Waals surface area (Å²) in [6, 6.07) is 24.6. The molecule has 4 nitrogen and oxygen atoms in total. The van der Waals surface area contributed by atoms with E-state index in [-0.39, 0.29) is 11.9 Å². The minimum Gasteiger partial charge on any atom is -0.419 e. The van der Waals surface area contributed by atoms with Crippen molar-refractivity contribution in [2.75, 3.05) is 7.05 Å². The van der Waals surface area contributed by atoms with Gasteiger partial charge in [-0.05, 0) is 49.4 Å². The Hall–Kier alpha value is -3.31. The predicted octanol–water partition coefficient (Wildman–Crippen LogP) is 5.41. The average Bonchev–Trinajstić information content (AvgIpc) is 3.19. The molecule has 0 aliphatic heterocycles. The fourth-order valence-electron chi connectivity index (χ4n) is 3.50. The van der Waals surface area contributed by atoms with Crippen LogP contribution in [0.1, 0.15) is 28.6 Å². The van der Waals surface area contributed by atoms with Crippen molar-refractivity contribution in [3.63, 3.8) is 0 Å². The summed E-state index contributed by atoms with van der Waals surface area (Å²) < 4.78 is 19.4. The van der Waals surface area contributed by atoms with Gasteiger partial charge >= 0.3 is 0 Å². The highest BCUT2D eigenvalue weighted by atomic mass is 19.1. The number of nitrogens with zero attached hydrogens (tertiary/aromatic N) is 3. The van der Waals surface area contributed by atoms with E-state index in [1.165, 1.54) is 12.1 Å². The second-order valence-corrected chi connectivity index (χ2v) is 7.15. The van der Waals surface area contributed by atoms with Gasteiger partial charge in [0.1, 0.15) is 5.82 Å². The third-order valence-corrected chi connectivity index (χ3v) is 4.86. The zero-order chi connectivity index (χ0) is 20.2. The molecular formula is C24H22FN3O. The SMILES string of the molecule is Cc1cccc(-c2nnc(CN(C)C(c3ccccc3)c3ccc(F)cc3)o2)c1. The maximum absolute atomic E-state index is 13.4. The van der Waals surface area contributed by atoms with Crippen molar-refractivity contribution in [3.8, 4) is 11.5 Å². The molecule has 0 saturated carbocycles. The molecule has 146 valence electrons. The zero-order valence-electron chi connectivity index (χ0n) is 16.4. The summed E-state index contributed by atoms with van der Waals surface area (Å²) >= 11 is 0.